The van der Waals surface area contributed by atoms with Crippen molar-refractivity contribution in [2.75, 3.05) is 24.5 Å². The molecule has 3 rings (SSSR count). The molecule has 2 aliphatic rings. The Labute approximate surface area is 157 Å². The van der Waals surface area contributed by atoms with E-state index in [1.54, 1.807) is 0 Å². The summed E-state index contributed by atoms with van der Waals surface area (Å²) in [6.07, 6.45) is 6.85. The number of hydrogen-bond acceptors (Lipinski definition) is 2. The normalized spacial score (nSPS) is 22.2. The van der Waals surface area contributed by atoms with Crippen molar-refractivity contribution in [1.29, 1.82) is 0 Å². The molecule has 1 fully saturated rings. The predicted octanol–water partition coefficient (Wildman–Crippen LogP) is 4.03. The molecule has 1 aromatic rings. The number of rotatable bonds is 6. The quantitative estimate of drug-likeness (QED) is 0.772. The molecule has 0 aromatic heterocycles. The van der Waals surface area contributed by atoms with Crippen molar-refractivity contribution < 1.29 is 9.59 Å². The van der Waals surface area contributed by atoms with Crippen LogP contribution in [0.25, 0.3) is 0 Å². The molecule has 0 N–H and O–H groups in total. The number of carbonyl (C=O) groups excluding carboxylic acids is 2. The Morgan fingerprint density at radius 1 is 1.12 bits per heavy atom. The van der Waals surface area contributed by atoms with E-state index in [2.05, 4.69) is 13.0 Å². The molecule has 1 aliphatic carbocycles. The summed E-state index contributed by atoms with van der Waals surface area (Å²) < 4.78 is 0. The number of amides is 2. The van der Waals surface area contributed by atoms with Gasteiger partial charge in [-0.3, -0.25) is 9.59 Å². The van der Waals surface area contributed by atoms with Crippen molar-refractivity contribution in [2.24, 2.45) is 11.8 Å². The Morgan fingerprint density at radius 3 is 2.58 bits per heavy atom. The second kappa shape index (κ2) is 8.70. The van der Waals surface area contributed by atoms with Gasteiger partial charge in [0.25, 0.3) is 0 Å². The molecule has 0 saturated heterocycles. The van der Waals surface area contributed by atoms with Crippen molar-refractivity contribution in [3.05, 3.63) is 29.8 Å². The Balaban J connectivity index is 1.76. The summed E-state index contributed by atoms with van der Waals surface area (Å²) in [6, 6.07) is 8.18. The molecule has 1 heterocycles. The molecule has 2 atom stereocenters. The maximum absolute atomic E-state index is 13.4. The average Bonchev–Trinajstić information content (AvgIpc) is 3.12. The van der Waals surface area contributed by atoms with Gasteiger partial charge in [0.1, 0.15) is 0 Å². The first kappa shape index (κ1) is 18.9. The van der Waals surface area contributed by atoms with Gasteiger partial charge in [0, 0.05) is 31.2 Å². The van der Waals surface area contributed by atoms with Gasteiger partial charge in [-0.05, 0) is 44.2 Å². The van der Waals surface area contributed by atoms with Gasteiger partial charge >= 0.3 is 0 Å². The first-order chi connectivity index (χ1) is 12.7. The molecular formula is C22H32N2O2. The second-order valence-corrected chi connectivity index (χ2v) is 7.64. The highest BCUT2D eigenvalue weighted by Crippen LogP contribution is 2.36. The van der Waals surface area contributed by atoms with E-state index in [9.17, 15) is 9.59 Å². The van der Waals surface area contributed by atoms with Crippen LogP contribution in [0, 0.1) is 11.8 Å². The topological polar surface area (TPSA) is 40.6 Å². The van der Waals surface area contributed by atoms with Crippen LogP contribution >= 0.6 is 0 Å². The molecular weight excluding hydrogens is 324 g/mol. The van der Waals surface area contributed by atoms with Crippen LogP contribution in [0.3, 0.4) is 0 Å². The molecule has 26 heavy (non-hydrogen) atoms. The van der Waals surface area contributed by atoms with Crippen molar-refractivity contribution in [3.63, 3.8) is 0 Å². The number of nitrogens with zero attached hydrogens (tertiary/aromatic N) is 2. The fourth-order valence-corrected chi connectivity index (χ4v) is 4.50. The molecule has 2 unspecified atom stereocenters. The zero-order valence-corrected chi connectivity index (χ0v) is 16.2. The smallest absolute Gasteiger partial charge is 0.230 e. The third kappa shape index (κ3) is 3.79. The second-order valence-electron chi connectivity index (χ2n) is 7.64. The summed E-state index contributed by atoms with van der Waals surface area (Å²) in [4.78, 5) is 30.4. The van der Waals surface area contributed by atoms with Crippen LogP contribution in [-0.4, -0.2) is 36.3 Å². The molecule has 142 valence electrons. The van der Waals surface area contributed by atoms with Gasteiger partial charge in [0.15, 0.2) is 0 Å². The highest BCUT2D eigenvalue weighted by molar-refractivity contribution is 5.99. The van der Waals surface area contributed by atoms with Gasteiger partial charge in [-0.2, -0.15) is 0 Å². The molecule has 0 radical (unpaired) electrons. The van der Waals surface area contributed by atoms with Gasteiger partial charge in [-0.15, -0.1) is 0 Å². The fourth-order valence-electron chi connectivity index (χ4n) is 4.50. The summed E-state index contributed by atoms with van der Waals surface area (Å²) in [7, 11) is 0. The lowest BCUT2D eigenvalue weighted by Crippen LogP contribution is -2.46. The van der Waals surface area contributed by atoms with Crippen molar-refractivity contribution >= 4 is 17.5 Å². The number of carbonyl (C=O) groups is 2. The van der Waals surface area contributed by atoms with Crippen molar-refractivity contribution in [3.8, 4) is 0 Å². The van der Waals surface area contributed by atoms with E-state index in [0.717, 1.165) is 70.3 Å². The largest absolute Gasteiger partial charge is 0.343 e. The molecule has 1 aliphatic heterocycles. The van der Waals surface area contributed by atoms with E-state index >= 15 is 0 Å². The zero-order chi connectivity index (χ0) is 18.5. The predicted molar refractivity (Wildman–Crippen MR) is 105 cm³/mol. The van der Waals surface area contributed by atoms with E-state index in [0.29, 0.717) is 0 Å². The summed E-state index contributed by atoms with van der Waals surface area (Å²) in [5.41, 5.74) is 2.30. The third-order valence-electron chi connectivity index (χ3n) is 6.03. The zero-order valence-electron chi connectivity index (χ0n) is 16.2. The highest BCUT2D eigenvalue weighted by Gasteiger charge is 2.40. The maximum atomic E-state index is 13.4. The van der Waals surface area contributed by atoms with E-state index < -0.39 is 0 Å². The molecule has 1 saturated carbocycles. The molecule has 0 spiro atoms. The maximum Gasteiger partial charge on any atom is 0.230 e. The van der Waals surface area contributed by atoms with Crippen LogP contribution in [0.4, 0.5) is 5.69 Å². The van der Waals surface area contributed by atoms with Gasteiger partial charge in [-0.1, -0.05) is 44.4 Å². The highest BCUT2D eigenvalue weighted by atomic mass is 16.2. The van der Waals surface area contributed by atoms with Crippen molar-refractivity contribution in [2.45, 2.75) is 58.8 Å². The number of anilines is 1. The van der Waals surface area contributed by atoms with Crippen molar-refractivity contribution in [1.82, 2.24) is 4.90 Å². The van der Waals surface area contributed by atoms with Crippen LogP contribution < -0.4 is 4.90 Å². The summed E-state index contributed by atoms with van der Waals surface area (Å²) in [5.74, 6) is 0.0740. The third-order valence-corrected chi connectivity index (χ3v) is 6.03. The van der Waals surface area contributed by atoms with Gasteiger partial charge in [0.05, 0.1) is 5.92 Å². The number of benzene rings is 1. The van der Waals surface area contributed by atoms with Crippen LogP contribution in [-0.2, 0) is 16.0 Å². The SMILES string of the molecule is CCCCN(CC)C(=O)C1CCCCC1C(=O)N1CCc2ccccc21. The summed E-state index contributed by atoms with van der Waals surface area (Å²) in [5, 5.41) is 0. The van der Waals surface area contributed by atoms with Crippen LogP contribution in [0.15, 0.2) is 24.3 Å². The Kier molecular flexibility index (Phi) is 6.33. The molecule has 2 amide bonds. The number of unbranched alkanes of at least 4 members (excludes halogenated alkanes) is 1. The molecule has 4 heteroatoms. The van der Waals surface area contributed by atoms with Crippen LogP contribution in [0.1, 0.15) is 57.9 Å². The Hall–Kier alpha value is -1.84. The molecule has 4 nitrogen and oxygen atoms in total. The molecule has 0 bridgehead atoms. The number of hydrogen-bond donors (Lipinski definition) is 0. The monoisotopic (exact) mass is 356 g/mol. The number of para-hydroxylation sites is 1. The van der Waals surface area contributed by atoms with Crippen LogP contribution in [0.5, 0.6) is 0 Å². The van der Waals surface area contributed by atoms with E-state index in [4.69, 9.17) is 0 Å². The number of fused-ring (bicyclic) bond motifs is 1. The van der Waals surface area contributed by atoms with E-state index in [1.165, 1.54) is 5.56 Å². The average molecular weight is 357 g/mol. The summed E-state index contributed by atoms with van der Waals surface area (Å²) >= 11 is 0. The fraction of sp³-hybridized carbons (Fsp3) is 0.636. The minimum Gasteiger partial charge on any atom is -0.343 e. The van der Waals surface area contributed by atoms with E-state index in [1.807, 2.05) is 34.9 Å². The first-order valence-corrected chi connectivity index (χ1v) is 10.4. The standard InChI is InChI=1S/C22H32N2O2/c1-3-5-15-23(4-2)21(25)18-11-7-8-12-19(18)22(26)24-16-14-17-10-6-9-13-20(17)24/h6,9-10,13,18-19H,3-5,7-8,11-12,14-16H2,1-2H3. The Bertz CT molecular complexity index is 643. The van der Waals surface area contributed by atoms with Gasteiger partial charge < -0.3 is 9.80 Å². The van der Waals surface area contributed by atoms with Gasteiger partial charge in [0.2, 0.25) is 11.8 Å². The Morgan fingerprint density at radius 2 is 1.85 bits per heavy atom. The molecule has 1 aromatic carbocycles. The lowest BCUT2D eigenvalue weighted by molar-refractivity contribution is -0.142. The summed E-state index contributed by atoms with van der Waals surface area (Å²) in [6.45, 7) is 6.50. The first-order valence-electron chi connectivity index (χ1n) is 10.4. The lowest BCUT2D eigenvalue weighted by atomic mass is 9.77. The minimum absolute atomic E-state index is 0.138. The van der Waals surface area contributed by atoms with Crippen LogP contribution in [0.2, 0.25) is 0 Å². The lowest BCUT2D eigenvalue weighted by Gasteiger charge is -2.35. The van der Waals surface area contributed by atoms with Gasteiger partial charge in [-0.25, -0.2) is 0 Å². The van der Waals surface area contributed by atoms with E-state index in [-0.39, 0.29) is 23.7 Å². The minimum atomic E-state index is -0.155.